The van der Waals surface area contributed by atoms with Crippen molar-refractivity contribution in [2.24, 2.45) is 11.8 Å². The molecule has 0 saturated carbocycles. The molecule has 0 saturated heterocycles. The molecule has 2 N–H and O–H groups in total. The number of carbonyl (C=O) groups excluding carboxylic acids is 2. The molecule has 3 unspecified atom stereocenters. The molecule has 0 spiro atoms. The van der Waals surface area contributed by atoms with Gasteiger partial charge < -0.3 is 15.0 Å². The molecule has 0 radical (unpaired) electrons. The van der Waals surface area contributed by atoms with Crippen LogP contribution in [-0.2, 0) is 14.4 Å². The molecular weight excluding hydrogens is 320 g/mol. The van der Waals surface area contributed by atoms with E-state index in [1.807, 2.05) is 12.2 Å². The lowest BCUT2D eigenvalue weighted by Gasteiger charge is -2.17. The molecular formula is C20H32O5. The molecule has 0 heterocycles. The van der Waals surface area contributed by atoms with Gasteiger partial charge in [0, 0.05) is 18.3 Å². The number of aliphatic carboxylic acids is 1. The van der Waals surface area contributed by atoms with Crippen LogP contribution in [-0.4, -0.2) is 34.4 Å². The average Bonchev–Trinajstić information content (AvgIpc) is 2.56. The molecule has 0 aliphatic rings. The van der Waals surface area contributed by atoms with E-state index in [4.69, 9.17) is 5.11 Å². The lowest BCUT2D eigenvalue weighted by Crippen LogP contribution is -2.22. The van der Waals surface area contributed by atoms with Crippen molar-refractivity contribution >= 4 is 18.0 Å². The maximum Gasteiger partial charge on any atom is 0.303 e. The SMILES string of the molecule is CCCCCC=CCC(O)/C=C/C(C=O)C(CCCC(=O)O)C(C)=O. The summed E-state index contributed by atoms with van der Waals surface area (Å²) in [6.45, 7) is 3.56. The summed E-state index contributed by atoms with van der Waals surface area (Å²) < 4.78 is 0. The number of unbranched alkanes of at least 4 members (excludes halogenated alkanes) is 3. The molecule has 0 aliphatic heterocycles. The Bertz CT molecular complexity index is 453. The molecule has 5 heteroatoms. The first-order valence-electron chi connectivity index (χ1n) is 9.11. The molecule has 0 rings (SSSR count). The number of carboxylic acids is 1. The van der Waals surface area contributed by atoms with Gasteiger partial charge in [0.25, 0.3) is 0 Å². The van der Waals surface area contributed by atoms with Crippen LogP contribution < -0.4 is 0 Å². The van der Waals surface area contributed by atoms with Crippen LogP contribution in [0.4, 0.5) is 0 Å². The van der Waals surface area contributed by atoms with Crippen molar-refractivity contribution in [1.29, 1.82) is 0 Å². The smallest absolute Gasteiger partial charge is 0.303 e. The summed E-state index contributed by atoms with van der Waals surface area (Å²) in [4.78, 5) is 33.6. The summed E-state index contributed by atoms with van der Waals surface area (Å²) in [6, 6.07) is 0. The van der Waals surface area contributed by atoms with E-state index in [1.54, 1.807) is 12.2 Å². The van der Waals surface area contributed by atoms with E-state index in [1.165, 1.54) is 19.8 Å². The van der Waals surface area contributed by atoms with Gasteiger partial charge in [0.1, 0.15) is 12.1 Å². The summed E-state index contributed by atoms with van der Waals surface area (Å²) >= 11 is 0. The van der Waals surface area contributed by atoms with Gasteiger partial charge >= 0.3 is 5.97 Å². The zero-order chi connectivity index (χ0) is 19.1. The fraction of sp³-hybridized carbons (Fsp3) is 0.650. The Morgan fingerprint density at radius 1 is 1.08 bits per heavy atom. The number of allylic oxidation sites excluding steroid dienone is 2. The lowest BCUT2D eigenvalue weighted by atomic mass is 9.85. The van der Waals surface area contributed by atoms with Gasteiger partial charge in [-0.2, -0.15) is 0 Å². The molecule has 0 aliphatic carbocycles. The topological polar surface area (TPSA) is 91.7 Å². The van der Waals surface area contributed by atoms with Crippen molar-refractivity contribution in [3.8, 4) is 0 Å². The largest absolute Gasteiger partial charge is 0.481 e. The quantitative estimate of drug-likeness (QED) is 0.266. The van der Waals surface area contributed by atoms with Crippen molar-refractivity contribution in [2.75, 3.05) is 0 Å². The van der Waals surface area contributed by atoms with E-state index in [0.29, 0.717) is 25.5 Å². The summed E-state index contributed by atoms with van der Waals surface area (Å²) in [5.74, 6) is -2.22. The van der Waals surface area contributed by atoms with E-state index >= 15 is 0 Å². The Morgan fingerprint density at radius 2 is 1.80 bits per heavy atom. The van der Waals surface area contributed by atoms with Gasteiger partial charge in [0.2, 0.25) is 0 Å². The molecule has 0 bridgehead atoms. The maximum atomic E-state index is 11.7. The van der Waals surface area contributed by atoms with Gasteiger partial charge in [-0.1, -0.05) is 44.1 Å². The third kappa shape index (κ3) is 12.3. The minimum absolute atomic E-state index is 0.0233. The van der Waals surface area contributed by atoms with E-state index < -0.39 is 23.9 Å². The number of aldehydes is 1. The minimum atomic E-state index is -0.915. The summed E-state index contributed by atoms with van der Waals surface area (Å²) in [6.07, 6.45) is 12.7. The first-order chi connectivity index (χ1) is 11.9. The highest BCUT2D eigenvalue weighted by atomic mass is 16.4. The van der Waals surface area contributed by atoms with Crippen LogP contribution in [0.3, 0.4) is 0 Å². The fourth-order valence-electron chi connectivity index (χ4n) is 2.62. The highest BCUT2D eigenvalue weighted by molar-refractivity contribution is 5.82. The predicted molar refractivity (Wildman–Crippen MR) is 98.3 cm³/mol. The number of carbonyl (C=O) groups is 3. The number of rotatable bonds is 15. The van der Waals surface area contributed by atoms with E-state index in [-0.39, 0.29) is 12.2 Å². The van der Waals surface area contributed by atoms with Gasteiger partial charge in [-0.15, -0.1) is 0 Å². The van der Waals surface area contributed by atoms with E-state index in [2.05, 4.69) is 6.92 Å². The molecule has 142 valence electrons. The molecule has 25 heavy (non-hydrogen) atoms. The normalized spacial score (nSPS) is 15.3. The summed E-state index contributed by atoms with van der Waals surface area (Å²) in [7, 11) is 0. The van der Waals surface area contributed by atoms with E-state index in [9.17, 15) is 19.5 Å². The van der Waals surface area contributed by atoms with Crippen molar-refractivity contribution in [3.05, 3.63) is 24.3 Å². The number of Topliss-reactive ketones (excluding diaryl/α,β-unsaturated/α-hetero) is 1. The number of aliphatic hydroxyl groups is 1. The average molecular weight is 352 g/mol. The second-order valence-electron chi connectivity index (χ2n) is 6.37. The van der Waals surface area contributed by atoms with Crippen LogP contribution in [0.25, 0.3) is 0 Å². The standard InChI is InChI=1S/C20H32O5/c1-3-4-5-6-7-8-10-18(23)14-13-17(15-21)19(16(2)22)11-9-12-20(24)25/h7-8,13-15,17-19,23H,3-6,9-12H2,1-2H3,(H,24,25)/b8-7?,14-13+. The Labute approximate surface area is 150 Å². The van der Waals surface area contributed by atoms with Crippen molar-refractivity contribution in [1.82, 2.24) is 0 Å². The van der Waals surface area contributed by atoms with E-state index in [0.717, 1.165) is 12.8 Å². The molecule has 5 nitrogen and oxygen atoms in total. The first kappa shape index (κ1) is 23.2. The molecule has 3 atom stereocenters. The van der Waals surface area contributed by atoms with Gasteiger partial charge in [0.05, 0.1) is 6.10 Å². The molecule has 0 amide bonds. The minimum Gasteiger partial charge on any atom is -0.481 e. The molecule has 0 aromatic rings. The number of carboxylic acid groups (broad SMARTS) is 1. The monoisotopic (exact) mass is 352 g/mol. The highest BCUT2D eigenvalue weighted by Gasteiger charge is 2.23. The highest BCUT2D eigenvalue weighted by Crippen LogP contribution is 2.20. The van der Waals surface area contributed by atoms with Crippen LogP contribution in [0.1, 0.15) is 65.2 Å². The number of ketones is 1. The Balaban J connectivity index is 4.48. The second kappa shape index (κ2) is 14.6. The Hall–Kier alpha value is -1.75. The van der Waals surface area contributed by atoms with Crippen molar-refractivity contribution in [3.63, 3.8) is 0 Å². The zero-order valence-electron chi connectivity index (χ0n) is 15.4. The first-order valence-corrected chi connectivity index (χ1v) is 9.11. The maximum absolute atomic E-state index is 11.7. The van der Waals surface area contributed by atoms with Crippen molar-refractivity contribution in [2.45, 2.75) is 71.3 Å². The summed E-state index contributed by atoms with van der Waals surface area (Å²) in [5.41, 5.74) is 0. The number of hydrogen-bond donors (Lipinski definition) is 2. The van der Waals surface area contributed by atoms with Crippen LogP contribution in [0.2, 0.25) is 0 Å². The lowest BCUT2D eigenvalue weighted by molar-refractivity contribution is -0.137. The number of aliphatic hydroxyl groups excluding tert-OH is 1. The third-order valence-corrected chi connectivity index (χ3v) is 4.12. The summed E-state index contributed by atoms with van der Waals surface area (Å²) in [5, 5.41) is 18.6. The molecule has 0 aromatic carbocycles. The van der Waals surface area contributed by atoms with Gasteiger partial charge in [-0.25, -0.2) is 0 Å². The molecule has 0 fully saturated rings. The van der Waals surface area contributed by atoms with Crippen LogP contribution in [0.15, 0.2) is 24.3 Å². The molecule has 0 aromatic heterocycles. The van der Waals surface area contributed by atoms with Crippen molar-refractivity contribution < 1.29 is 24.6 Å². The fourth-order valence-corrected chi connectivity index (χ4v) is 2.62. The van der Waals surface area contributed by atoms with Crippen LogP contribution in [0, 0.1) is 11.8 Å². The van der Waals surface area contributed by atoms with Crippen LogP contribution >= 0.6 is 0 Å². The van der Waals surface area contributed by atoms with Gasteiger partial charge in [-0.3, -0.25) is 9.59 Å². The second-order valence-corrected chi connectivity index (χ2v) is 6.37. The Morgan fingerprint density at radius 3 is 2.36 bits per heavy atom. The van der Waals surface area contributed by atoms with Crippen LogP contribution in [0.5, 0.6) is 0 Å². The Kier molecular flexibility index (Phi) is 13.6. The third-order valence-electron chi connectivity index (χ3n) is 4.12. The van der Waals surface area contributed by atoms with Gasteiger partial charge in [-0.05, 0) is 39.0 Å². The van der Waals surface area contributed by atoms with Gasteiger partial charge in [0.15, 0.2) is 0 Å². The number of hydrogen-bond acceptors (Lipinski definition) is 4. The predicted octanol–water partition coefficient (Wildman–Crippen LogP) is 3.71. The zero-order valence-corrected chi connectivity index (χ0v) is 15.4.